The highest BCUT2D eigenvalue weighted by molar-refractivity contribution is 4.95. The third-order valence-electron chi connectivity index (χ3n) is 2.47. The topological polar surface area (TPSA) is 12.0 Å². The molecule has 0 spiro atoms. The Labute approximate surface area is 89.7 Å². The molecule has 0 aliphatic carbocycles. The van der Waals surface area contributed by atoms with Gasteiger partial charge in [-0.2, -0.15) is 0 Å². The van der Waals surface area contributed by atoms with Crippen molar-refractivity contribution in [3.63, 3.8) is 0 Å². The summed E-state index contributed by atoms with van der Waals surface area (Å²) in [7, 11) is 0. The quantitative estimate of drug-likeness (QED) is 0.525. The molecule has 14 heavy (non-hydrogen) atoms. The van der Waals surface area contributed by atoms with Crippen LogP contribution in [0.25, 0.3) is 0 Å². The van der Waals surface area contributed by atoms with Gasteiger partial charge < -0.3 is 5.32 Å². The number of nitrogens with one attached hydrogen (secondary N) is 1. The fourth-order valence-electron chi connectivity index (χ4n) is 1.61. The molecule has 1 nitrogen and oxygen atoms in total. The molecule has 1 unspecified atom stereocenters. The molecule has 0 saturated heterocycles. The largest absolute Gasteiger partial charge is 0.314 e. The van der Waals surface area contributed by atoms with Crippen LogP contribution in [0.2, 0.25) is 0 Å². The minimum Gasteiger partial charge on any atom is -0.314 e. The van der Waals surface area contributed by atoms with Gasteiger partial charge in [0, 0.05) is 12.5 Å². The predicted octanol–water partition coefficient (Wildman–Crippen LogP) is 3.20. The van der Waals surface area contributed by atoms with Crippen molar-refractivity contribution in [3.05, 3.63) is 0 Å². The van der Waals surface area contributed by atoms with Crippen molar-refractivity contribution in [1.82, 2.24) is 5.32 Å². The smallest absolute Gasteiger partial charge is 0.0116 e. The van der Waals surface area contributed by atoms with Crippen molar-refractivity contribution < 1.29 is 0 Å². The van der Waals surface area contributed by atoms with E-state index in [2.05, 4.69) is 44.9 Å². The van der Waals surface area contributed by atoms with Gasteiger partial charge in [-0.15, -0.1) is 11.8 Å². The third kappa shape index (κ3) is 6.05. The lowest BCUT2D eigenvalue weighted by molar-refractivity contribution is 0.255. The Kier molecular flexibility index (Phi) is 6.66. The van der Waals surface area contributed by atoms with Crippen LogP contribution in [0.15, 0.2) is 0 Å². The van der Waals surface area contributed by atoms with Crippen LogP contribution in [-0.4, -0.2) is 12.6 Å². The summed E-state index contributed by atoms with van der Waals surface area (Å²) >= 11 is 0. The Morgan fingerprint density at radius 3 is 2.36 bits per heavy atom. The van der Waals surface area contributed by atoms with Gasteiger partial charge in [-0.1, -0.05) is 27.7 Å². The predicted molar refractivity (Wildman–Crippen MR) is 64.2 cm³/mol. The van der Waals surface area contributed by atoms with Crippen molar-refractivity contribution in [2.24, 2.45) is 5.41 Å². The van der Waals surface area contributed by atoms with Gasteiger partial charge in [0.1, 0.15) is 0 Å². The first-order valence-electron chi connectivity index (χ1n) is 5.65. The van der Waals surface area contributed by atoms with Crippen LogP contribution in [-0.2, 0) is 0 Å². The zero-order chi connectivity index (χ0) is 11.0. The maximum absolute atomic E-state index is 3.55. The molecular weight excluding hydrogens is 170 g/mol. The van der Waals surface area contributed by atoms with Crippen LogP contribution in [0.3, 0.4) is 0 Å². The standard InChI is InChI=1S/C13H25N/c1-6-8-9-10-11-12(14-7-2)13(3,4)5/h12,14H,7,9-11H2,1-5H3. The number of unbranched alkanes of at least 4 members (excludes halogenated alkanes) is 1. The van der Waals surface area contributed by atoms with Gasteiger partial charge in [0.05, 0.1) is 0 Å². The molecule has 1 N–H and O–H groups in total. The molecule has 0 bridgehead atoms. The molecule has 0 aromatic heterocycles. The SMILES string of the molecule is CC#CCCCC(NCC)C(C)(C)C. The monoisotopic (exact) mass is 195 g/mol. The normalized spacial score (nSPS) is 13.2. The van der Waals surface area contributed by atoms with Gasteiger partial charge >= 0.3 is 0 Å². The van der Waals surface area contributed by atoms with Crippen LogP contribution in [0.5, 0.6) is 0 Å². The minimum absolute atomic E-state index is 0.357. The van der Waals surface area contributed by atoms with E-state index >= 15 is 0 Å². The molecule has 0 aromatic rings. The molecule has 0 aromatic carbocycles. The lowest BCUT2D eigenvalue weighted by Crippen LogP contribution is -2.40. The summed E-state index contributed by atoms with van der Waals surface area (Å²) in [5, 5.41) is 3.55. The van der Waals surface area contributed by atoms with Crippen LogP contribution < -0.4 is 5.32 Å². The van der Waals surface area contributed by atoms with E-state index in [9.17, 15) is 0 Å². The third-order valence-corrected chi connectivity index (χ3v) is 2.47. The molecule has 0 saturated carbocycles. The lowest BCUT2D eigenvalue weighted by atomic mass is 9.84. The van der Waals surface area contributed by atoms with E-state index in [1.165, 1.54) is 12.8 Å². The number of hydrogen-bond donors (Lipinski definition) is 1. The van der Waals surface area contributed by atoms with E-state index in [4.69, 9.17) is 0 Å². The zero-order valence-electron chi connectivity index (χ0n) is 10.4. The summed E-state index contributed by atoms with van der Waals surface area (Å²) in [5.41, 5.74) is 0.357. The highest BCUT2D eigenvalue weighted by Crippen LogP contribution is 2.23. The van der Waals surface area contributed by atoms with Crippen LogP contribution >= 0.6 is 0 Å². The fourth-order valence-corrected chi connectivity index (χ4v) is 1.61. The van der Waals surface area contributed by atoms with Gasteiger partial charge in [-0.25, -0.2) is 0 Å². The zero-order valence-corrected chi connectivity index (χ0v) is 10.4. The van der Waals surface area contributed by atoms with Crippen LogP contribution in [0.1, 0.15) is 53.9 Å². The summed E-state index contributed by atoms with van der Waals surface area (Å²) < 4.78 is 0. The van der Waals surface area contributed by atoms with Gasteiger partial charge in [-0.3, -0.25) is 0 Å². The first-order valence-corrected chi connectivity index (χ1v) is 5.65. The first-order chi connectivity index (χ1) is 6.52. The Morgan fingerprint density at radius 2 is 1.93 bits per heavy atom. The van der Waals surface area contributed by atoms with Crippen molar-refractivity contribution in [3.8, 4) is 11.8 Å². The van der Waals surface area contributed by atoms with Gasteiger partial charge in [0.2, 0.25) is 0 Å². The maximum Gasteiger partial charge on any atom is 0.0116 e. The molecule has 0 radical (unpaired) electrons. The second-order valence-corrected chi connectivity index (χ2v) is 4.80. The number of hydrogen-bond acceptors (Lipinski definition) is 1. The van der Waals surface area contributed by atoms with Crippen LogP contribution in [0, 0.1) is 17.3 Å². The second kappa shape index (κ2) is 6.90. The summed E-state index contributed by atoms with van der Waals surface area (Å²) in [5.74, 6) is 6.06. The molecule has 82 valence electrons. The number of rotatable bonds is 5. The van der Waals surface area contributed by atoms with E-state index in [1.54, 1.807) is 0 Å². The molecule has 1 heteroatoms. The Morgan fingerprint density at radius 1 is 1.29 bits per heavy atom. The average molecular weight is 195 g/mol. The molecule has 0 amide bonds. The second-order valence-electron chi connectivity index (χ2n) is 4.80. The summed E-state index contributed by atoms with van der Waals surface area (Å²) in [4.78, 5) is 0. The van der Waals surface area contributed by atoms with Gasteiger partial charge in [0.15, 0.2) is 0 Å². The van der Waals surface area contributed by atoms with Crippen molar-refractivity contribution >= 4 is 0 Å². The Hall–Kier alpha value is -0.480. The summed E-state index contributed by atoms with van der Waals surface area (Å²) in [6.07, 6.45) is 3.47. The van der Waals surface area contributed by atoms with E-state index in [0.717, 1.165) is 13.0 Å². The molecular formula is C13H25N. The van der Waals surface area contributed by atoms with E-state index in [0.29, 0.717) is 11.5 Å². The Bertz CT molecular complexity index is 190. The summed E-state index contributed by atoms with van der Waals surface area (Å²) in [6, 6.07) is 0.617. The highest BCUT2D eigenvalue weighted by atomic mass is 14.9. The van der Waals surface area contributed by atoms with E-state index in [-0.39, 0.29) is 0 Å². The minimum atomic E-state index is 0.357. The molecule has 1 atom stereocenters. The van der Waals surface area contributed by atoms with Crippen LogP contribution in [0.4, 0.5) is 0 Å². The fraction of sp³-hybridized carbons (Fsp3) is 0.846. The average Bonchev–Trinajstić information content (AvgIpc) is 2.08. The first kappa shape index (κ1) is 13.5. The van der Waals surface area contributed by atoms with Gasteiger partial charge in [-0.05, 0) is 31.7 Å². The van der Waals surface area contributed by atoms with E-state index < -0.39 is 0 Å². The van der Waals surface area contributed by atoms with Gasteiger partial charge in [0.25, 0.3) is 0 Å². The highest BCUT2D eigenvalue weighted by Gasteiger charge is 2.22. The molecule has 0 fully saturated rings. The Balaban J connectivity index is 3.89. The van der Waals surface area contributed by atoms with Crippen molar-refractivity contribution in [2.75, 3.05) is 6.54 Å². The summed E-state index contributed by atoms with van der Waals surface area (Å²) in [6.45, 7) is 12.0. The molecule has 0 heterocycles. The van der Waals surface area contributed by atoms with Crippen molar-refractivity contribution in [2.45, 2.75) is 59.9 Å². The lowest BCUT2D eigenvalue weighted by Gasteiger charge is -2.31. The van der Waals surface area contributed by atoms with Crippen molar-refractivity contribution in [1.29, 1.82) is 0 Å². The molecule has 0 aliphatic heterocycles. The molecule has 0 aliphatic rings. The maximum atomic E-state index is 3.55. The van der Waals surface area contributed by atoms with E-state index in [1.807, 2.05) is 6.92 Å². The molecule has 0 rings (SSSR count).